The van der Waals surface area contributed by atoms with E-state index in [2.05, 4.69) is 5.32 Å². The number of hydrogen-bond acceptors (Lipinski definition) is 4. The number of carbonyl (C=O) groups excluding carboxylic acids is 3. The SMILES string of the molecule is O=C(Cc1ccccc1)NCCC(=O)OCC(=O)C12CC3CC(CC(C3)C1)C2. The Kier molecular flexibility index (Phi) is 5.51. The molecule has 1 aromatic rings. The molecule has 4 saturated carbocycles. The molecule has 4 bridgehead atoms. The number of esters is 1. The Balaban J connectivity index is 1.17. The monoisotopic (exact) mass is 383 g/mol. The normalized spacial score (nSPS) is 30.1. The Morgan fingerprint density at radius 1 is 0.964 bits per heavy atom. The summed E-state index contributed by atoms with van der Waals surface area (Å²) < 4.78 is 5.25. The van der Waals surface area contributed by atoms with Gasteiger partial charge in [0.25, 0.3) is 0 Å². The molecule has 0 radical (unpaired) electrons. The highest BCUT2D eigenvalue weighted by Gasteiger charge is 2.54. The van der Waals surface area contributed by atoms with E-state index in [1.165, 1.54) is 19.3 Å². The van der Waals surface area contributed by atoms with Crippen molar-refractivity contribution in [2.75, 3.05) is 13.2 Å². The Bertz CT molecular complexity index is 707. The first kappa shape index (κ1) is 19.2. The molecule has 5 nitrogen and oxygen atoms in total. The van der Waals surface area contributed by atoms with Gasteiger partial charge >= 0.3 is 5.97 Å². The highest BCUT2D eigenvalue weighted by molar-refractivity contribution is 5.88. The highest BCUT2D eigenvalue weighted by atomic mass is 16.5. The van der Waals surface area contributed by atoms with Crippen molar-refractivity contribution in [1.82, 2.24) is 5.32 Å². The molecule has 0 spiro atoms. The first-order valence-electron chi connectivity index (χ1n) is 10.5. The highest BCUT2D eigenvalue weighted by Crippen LogP contribution is 2.60. The summed E-state index contributed by atoms with van der Waals surface area (Å²) in [4.78, 5) is 36.7. The molecule has 1 aromatic carbocycles. The summed E-state index contributed by atoms with van der Waals surface area (Å²) in [5.74, 6) is 1.68. The Morgan fingerprint density at radius 2 is 1.57 bits per heavy atom. The molecule has 4 fully saturated rings. The number of nitrogens with one attached hydrogen (secondary N) is 1. The lowest BCUT2D eigenvalue weighted by Gasteiger charge is -2.55. The molecule has 0 heterocycles. The first-order valence-corrected chi connectivity index (χ1v) is 10.5. The van der Waals surface area contributed by atoms with Crippen molar-refractivity contribution in [3.63, 3.8) is 0 Å². The predicted octanol–water partition coefficient (Wildman–Crippen LogP) is 3.06. The number of ketones is 1. The van der Waals surface area contributed by atoms with E-state index in [1.807, 2.05) is 30.3 Å². The second kappa shape index (κ2) is 8.06. The molecule has 28 heavy (non-hydrogen) atoms. The van der Waals surface area contributed by atoms with Crippen molar-refractivity contribution < 1.29 is 19.1 Å². The lowest BCUT2D eigenvalue weighted by Crippen LogP contribution is -2.51. The van der Waals surface area contributed by atoms with Crippen molar-refractivity contribution in [3.05, 3.63) is 35.9 Å². The van der Waals surface area contributed by atoms with Gasteiger partial charge < -0.3 is 10.1 Å². The lowest BCUT2D eigenvalue weighted by molar-refractivity contribution is -0.157. The topological polar surface area (TPSA) is 72.5 Å². The molecule has 150 valence electrons. The molecule has 5 rings (SSSR count). The van der Waals surface area contributed by atoms with Crippen LogP contribution in [-0.2, 0) is 25.5 Å². The Hall–Kier alpha value is -2.17. The number of amides is 1. The van der Waals surface area contributed by atoms with Crippen molar-refractivity contribution in [2.24, 2.45) is 23.2 Å². The molecule has 4 aliphatic carbocycles. The van der Waals surface area contributed by atoms with E-state index in [0.29, 0.717) is 24.2 Å². The van der Waals surface area contributed by atoms with E-state index in [0.717, 1.165) is 24.8 Å². The van der Waals surface area contributed by atoms with Crippen LogP contribution in [0.5, 0.6) is 0 Å². The number of ether oxygens (including phenoxy) is 1. The van der Waals surface area contributed by atoms with Crippen LogP contribution in [0.4, 0.5) is 0 Å². The summed E-state index contributed by atoms with van der Waals surface area (Å²) in [6.07, 6.45) is 7.22. The first-order chi connectivity index (χ1) is 13.5. The van der Waals surface area contributed by atoms with Gasteiger partial charge in [0.15, 0.2) is 12.4 Å². The molecule has 0 aliphatic heterocycles. The number of hydrogen-bond donors (Lipinski definition) is 1. The summed E-state index contributed by atoms with van der Waals surface area (Å²) >= 11 is 0. The van der Waals surface area contributed by atoms with Gasteiger partial charge in [0.05, 0.1) is 12.8 Å². The van der Waals surface area contributed by atoms with Crippen molar-refractivity contribution >= 4 is 17.7 Å². The van der Waals surface area contributed by atoms with Crippen LogP contribution in [-0.4, -0.2) is 30.8 Å². The lowest BCUT2D eigenvalue weighted by atomic mass is 9.48. The summed E-state index contributed by atoms with van der Waals surface area (Å²) in [5, 5.41) is 2.73. The number of benzene rings is 1. The van der Waals surface area contributed by atoms with Crippen LogP contribution in [0.1, 0.15) is 50.5 Å². The number of Topliss-reactive ketones (excluding diaryl/α,β-unsaturated/α-hetero) is 1. The molecule has 0 saturated heterocycles. The maximum Gasteiger partial charge on any atom is 0.308 e. The van der Waals surface area contributed by atoms with Gasteiger partial charge in [-0.05, 0) is 61.8 Å². The fourth-order valence-corrected chi connectivity index (χ4v) is 5.97. The van der Waals surface area contributed by atoms with E-state index in [9.17, 15) is 14.4 Å². The van der Waals surface area contributed by atoms with Gasteiger partial charge in [-0.3, -0.25) is 14.4 Å². The maximum atomic E-state index is 12.8. The smallest absolute Gasteiger partial charge is 0.308 e. The van der Waals surface area contributed by atoms with E-state index in [4.69, 9.17) is 4.74 Å². The van der Waals surface area contributed by atoms with Gasteiger partial charge in [-0.25, -0.2) is 0 Å². The van der Waals surface area contributed by atoms with Crippen molar-refractivity contribution in [2.45, 2.75) is 51.4 Å². The quantitative estimate of drug-likeness (QED) is 0.700. The second-order valence-electron chi connectivity index (χ2n) is 9.04. The van der Waals surface area contributed by atoms with Gasteiger partial charge in [0, 0.05) is 12.0 Å². The minimum absolute atomic E-state index is 0.0919. The number of rotatable bonds is 8. The fraction of sp³-hybridized carbons (Fsp3) is 0.609. The van der Waals surface area contributed by atoms with Gasteiger partial charge in [0.1, 0.15) is 0 Å². The van der Waals surface area contributed by atoms with E-state index >= 15 is 0 Å². The minimum atomic E-state index is -0.418. The van der Waals surface area contributed by atoms with E-state index in [-0.39, 0.29) is 36.7 Å². The van der Waals surface area contributed by atoms with Crippen LogP contribution in [0, 0.1) is 23.2 Å². The average molecular weight is 383 g/mol. The molecule has 4 aliphatic rings. The van der Waals surface area contributed by atoms with Crippen molar-refractivity contribution in [3.8, 4) is 0 Å². The van der Waals surface area contributed by atoms with Gasteiger partial charge in [-0.2, -0.15) is 0 Å². The Morgan fingerprint density at radius 3 is 2.18 bits per heavy atom. The van der Waals surface area contributed by atoms with E-state index in [1.54, 1.807) is 0 Å². The van der Waals surface area contributed by atoms with Crippen LogP contribution in [0.25, 0.3) is 0 Å². The van der Waals surface area contributed by atoms with Gasteiger partial charge in [-0.15, -0.1) is 0 Å². The zero-order chi connectivity index (χ0) is 19.6. The molecule has 0 atom stereocenters. The maximum absolute atomic E-state index is 12.8. The van der Waals surface area contributed by atoms with Crippen LogP contribution in [0.3, 0.4) is 0 Å². The van der Waals surface area contributed by atoms with E-state index < -0.39 is 5.97 Å². The summed E-state index contributed by atoms with van der Waals surface area (Å²) in [7, 11) is 0. The minimum Gasteiger partial charge on any atom is -0.458 e. The summed E-state index contributed by atoms with van der Waals surface area (Å²) in [6.45, 7) is 0.124. The third-order valence-corrected chi connectivity index (χ3v) is 6.85. The second-order valence-corrected chi connectivity index (χ2v) is 9.04. The molecule has 0 aromatic heterocycles. The average Bonchev–Trinajstić information content (AvgIpc) is 2.66. The largest absolute Gasteiger partial charge is 0.458 e. The zero-order valence-corrected chi connectivity index (χ0v) is 16.3. The molecule has 5 heteroatoms. The van der Waals surface area contributed by atoms with Crippen LogP contribution in [0.15, 0.2) is 30.3 Å². The Labute approximate surface area is 166 Å². The summed E-state index contributed by atoms with van der Waals surface area (Å²) in [6, 6.07) is 9.47. The predicted molar refractivity (Wildman–Crippen MR) is 104 cm³/mol. The standard InChI is InChI=1S/C23H29NO4/c25-20(23-12-17-8-18(13-23)10-19(9-17)14-23)15-28-22(27)6-7-24-21(26)11-16-4-2-1-3-5-16/h1-5,17-19H,6-15H2,(H,24,26). The number of carbonyl (C=O) groups is 3. The molecule has 0 unspecified atom stereocenters. The van der Waals surface area contributed by atoms with Crippen LogP contribution in [0.2, 0.25) is 0 Å². The van der Waals surface area contributed by atoms with Crippen LogP contribution < -0.4 is 5.32 Å². The molecule has 1 N–H and O–H groups in total. The third-order valence-electron chi connectivity index (χ3n) is 6.85. The molecule has 1 amide bonds. The zero-order valence-electron chi connectivity index (χ0n) is 16.3. The molecular formula is C23H29NO4. The van der Waals surface area contributed by atoms with Gasteiger partial charge in [-0.1, -0.05) is 30.3 Å². The van der Waals surface area contributed by atoms with Crippen molar-refractivity contribution in [1.29, 1.82) is 0 Å². The molecular weight excluding hydrogens is 354 g/mol. The third kappa shape index (κ3) is 4.29. The van der Waals surface area contributed by atoms with Crippen LogP contribution >= 0.6 is 0 Å². The van der Waals surface area contributed by atoms with Gasteiger partial charge in [0.2, 0.25) is 5.91 Å². The summed E-state index contributed by atoms with van der Waals surface area (Å²) in [5.41, 5.74) is 0.711. The fourth-order valence-electron chi connectivity index (χ4n) is 5.97.